The zero-order valence-electron chi connectivity index (χ0n) is 18.7. The molecule has 0 spiro atoms. The summed E-state index contributed by atoms with van der Waals surface area (Å²) in [6.45, 7) is 8.07. The molecule has 0 aliphatic carbocycles. The van der Waals surface area contributed by atoms with Gasteiger partial charge < -0.3 is 19.9 Å². The lowest BCUT2D eigenvalue weighted by Crippen LogP contribution is -2.37. The van der Waals surface area contributed by atoms with E-state index in [1.54, 1.807) is 0 Å². The number of nitrogens with one attached hydrogen (secondary N) is 2. The summed E-state index contributed by atoms with van der Waals surface area (Å²) in [5.41, 5.74) is 4.40. The molecule has 0 saturated carbocycles. The quantitative estimate of drug-likeness (QED) is 0.531. The first-order valence-electron chi connectivity index (χ1n) is 11.1. The molecular formula is C25H30N4O3. The van der Waals surface area contributed by atoms with Crippen LogP contribution in [0, 0.1) is 6.92 Å². The number of aromatic amines is 1. The van der Waals surface area contributed by atoms with E-state index in [1.165, 1.54) is 0 Å². The van der Waals surface area contributed by atoms with Gasteiger partial charge >= 0.3 is 0 Å². The predicted octanol–water partition coefficient (Wildman–Crippen LogP) is 3.46. The molecule has 4 rings (SSSR count). The summed E-state index contributed by atoms with van der Waals surface area (Å²) in [4.78, 5) is 33.1. The van der Waals surface area contributed by atoms with Crippen LogP contribution in [-0.4, -0.2) is 67.5 Å². The Morgan fingerprint density at radius 2 is 1.78 bits per heavy atom. The van der Waals surface area contributed by atoms with Gasteiger partial charge in [0, 0.05) is 46.6 Å². The number of fused-ring (bicyclic) bond motifs is 1. The number of carbonyl (C=O) groups excluding carboxylic acids is 2. The number of aromatic nitrogens is 1. The lowest BCUT2D eigenvalue weighted by Gasteiger charge is -2.29. The maximum Gasteiger partial charge on any atom is 0.238 e. The molecule has 0 unspecified atom stereocenters. The van der Waals surface area contributed by atoms with Crippen molar-refractivity contribution in [2.24, 2.45) is 0 Å². The van der Waals surface area contributed by atoms with Crippen molar-refractivity contribution in [2.75, 3.05) is 56.2 Å². The molecular weight excluding hydrogens is 404 g/mol. The highest BCUT2D eigenvalue weighted by Crippen LogP contribution is 2.23. The first kappa shape index (κ1) is 22.0. The largest absolute Gasteiger partial charge is 0.378 e. The molecule has 3 aromatic rings. The third kappa shape index (κ3) is 5.00. The number of likely N-dealkylation sites (N-methyl/N-ethyl adjacent to an activating group) is 1. The molecule has 0 radical (unpaired) electrons. The lowest BCUT2D eigenvalue weighted by atomic mass is 10.1. The van der Waals surface area contributed by atoms with Gasteiger partial charge in [0.1, 0.15) is 0 Å². The summed E-state index contributed by atoms with van der Waals surface area (Å²) in [6.07, 6.45) is 0. The number of hydrogen-bond acceptors (Lipinski definition) is 5. The highest BCUT2D eigenvalue weighted by Gasteiger charge is 2.20. The molecule has 1 aromatic heterocycles. The number of amides is 1. The van der Waals surface area contributed by atoms with Gasteiger partial charge in [-0.15, -0.1) is 0 Å². The Bertz CT molecular complexity index is 1080. The maximum atomic E-state index is 13.0. The average molecular weight is 435 g/mol. The number of Topliss-reactive ketones (excluding diaryl/α,β-unsaturated/α-hetero) is 1. The van der Waals surface area contributed by atoms with Crippen LogP contribution >= 0.6 is 0 Å². The van der Waals surface area contributed by atoms with Gasteiger partial charge in [-0.25, -0.2) is 0 Å². The first-order valence-corrected chi connectivity index (χ1v) is 11.1. The van der Waals surface area contributed by atoms with Crippen molar-refractivity contribution in [3.05, 3.63) is 59.8 Å². The molecule has 1 fully saturated rings. The minimum atomic E-state index is -0.130. The van der Waals surface area contributed by atoms with E-state index >= 15 is 0 Å². The number of hydrogen-bond donors (Lipinski definition) is 2. The summed E-state index contributed by atoms with van der Waals surface area (Å²) in [5, 5.41) is 3.87. The molecule has 0 atom stereocenters. The lowest BCUT2D eigenvalue weighted by molar-refractivity contribution is -0.117. The third-order valence-corrected chi connectivity index (χ3v) is 5.88. The minimum absolute atomic E-state index is 0.0180. The van der Waals surface area contributed by atoms with E-state index in [0.29, 0.717) is 12.1 Å². The van der Waals surface area contributed by atoms with Crippen LogP contribution in [0.3, 0.4) is 0 Å². The van der Waals surface area contributed by atoms with E-state index in [2.05, 4.69) is 15.2 Å². The summed E-state index contributed by atoms with van der Waals surface area (Å²) < 4.78 is 5.39. The SMILES string of the molecule is CCN(CC(=O)Nc1ccc(N2CCOCC2)cc1)CC(=O)c1c(C)[nH]c2ccccc12. The number of para-hydroxylation sites is 1. The molecule has 1 amide bonds. The van der Waals surface area contributed by atoms with Crippen LogP contribution in [0.4, 0.5) is 11.4 Å². The Labute approximate surface area is 188 Å². The Morgan fingerprint density at radius 1 is 1.06 bits per heavy atom. The topological polar surface area (TPSA) is 77.7 Å². The van der Waals surface area contributed by atoms with Crippen molar-refractivity contribution in [1.82, 2.24) is 9.88 Å². The van der Waals surface area contributed by atoms with Crippen molar-refractivity contribution in [3.8, 4) is 0 Å². The molecule has 1 aliphatic rings. The highest BCUT2D eigenvalue weighted by atomic mass is 16.5. The van der Waals surface area contributed by atoms with Crippen LogP contribution in [0.1, 0.15) is 23.0 Å². The molecule has 1 aliphatic heterocycles. The van der Waals surface area contributed by atoms with E-state index in [1.807, 2.05) is 67.3 Å². The number of ketones is 1. The van der Waals surface area contributed by atoms with Crippen molar-refractivity contribution in [3.63, 3.8) is 0 Å². The van der Waals surface area contributed by atoms with E-state index in [-0.39, 0.29) is 24.8 Å². The Hall–Kier alpha value is -3.16. The summed E-state index contributed by atoms with van der Waals surface area (Å²) in [6, 6.07) is 15.7. The number of anilines is 2. The Balaban J connectivity index is 1.35. The molecule has 32 heavy (non-hydrogen) atoms. The van der Waals surface area contributed by atoms with Gasteiger partial charge in [0.25, 0.3) is 0 Å². The number of morpholine rings is 1. The fraction of sp³-hybridized carbons (Fsp3) is 0.360. The van der Waals surface area contributed by atoms with Crippen LogP contribution in [0.15, 0.2) is 48.5 Å². The van der Waals surface area contributed by atoms with Crippen LogP contribution in [0.2, 0.25) is 0 Å². The molecule has 1 saturated heterocycles. The molecule has 0 bridgehead atoms. The second kappa shape index (κ2) is 9.97. The monoisotopic (exact) mass is 434 g/mol. The van der Waals surface area contributed by atoms with Gasteiger partial charge in [-0.3, -0.25) is 14.5 Å². The van der Waals surface area contributed by atoms with Gasteiger partial charge in [-0.1, -0.05) is 25.1 Å². The number of rotatable bonds is 8. The summed E-state index contributed by atoms with van der Waals surface area (Å²) >= 11 is 0. The number of carbonyl (C=O) groups is 2. The van der Waals surface area contributed by atoms with Gasteiger partial charge in [-0.05, 0) is 43.8 Å². The Morgan fingerprint density at radius 3 is 2.50 bits per heavy atom. The van der Waals surface area contributed by atoms with Crippen LogP contribution < -0.4 is 10.2 Å². The van der Waals surface area contributed by atoms with E-state index in [9.17, 15) is 9.59 Å². The van der Waals surface area contributed by atoms with Gasteiger partial charge in [-0.2, -0.15) is 0 Å². The maximum absolute atomic E-state index is 13.0. The van der Waals surface area contributed by atoms with Crippen LogP contribution in [0.5, 0.6) is 0 Å². The minimum Gasteiger partial charge on any atom is -0.378 e. The van der Waals surface area contributed by atoms with Crippen LogP contribution in [0.25, 0.3) is 10.9 Å². The number of H-pyrrole nitrogens is 1. The highest BCUT2D eigenvalue weighted by molar-refractivity contribution is 6.10. The van der Waals surface area contributed by atoms with Gasteiger partial charge in [0.2, 0.25) is 5.91 Å². The normalized spacial score (nSPS) is 14.2. The second-order valence-corrected chi connectivity index (χ2v) is 8.09. The van der Waals surface area contributed by atoms with Crippen molar-refractivity contribution in [1.29, 1.82) is 0 Å². The van der Waals surface area contributed by atoms with Crippen molar-refractivity contribution < 1.29 is 14.3 Å². The number of aryl methyl sites for hydroxylation is 1. The van der Waals surface area contributed by atoms with E-state index in [0.717, 1.165) is 54.3 Å². The number of nitrogens with zero attached hydrogens (tertiary/aromatic N) is 2. The molecule has 2 heterocycles. The molecule has 168 valence electrons. The second-order valence-electron chi connectivity index (χ2n) is 8.09. The Kier molecular flexibility index (Phi) is 6.87. The average Bonchev–Trinajstić information content (AvgIpc) is 3.15. The summed E-state index contributed by atoms with van der Waals surface area (Å²) in [7, 11) is 0. The standard InChI is InChI=1S/C25H30N4O3/c1-3-28(16-23(30)25-18(2)26-22-7-5-4-6-21(22)25)17-24(31)27-19-8-10-20(11-9-19)29-12-14-32-15-13-29/h4-11,26H,3,12-17H2,1-2H3,(H,27,31). The van der Waals surface area contributed by atoms with Crippen molar-refractivity contribution in [2.45, 2.75) is 13.8 Å². The van der Waals surface area contributed by atoms with E-state index in [4.69, 9.17) is 4.74 Å². The zero-order chi connectivity index (χ0) is 22.5. The molecule has 2 N–H and O–H groups in total. The van der Waals surface area contributed by atoms with E-state index < -0.39 is 0 Å². The smallest absolute Gasteiger partial charge is 0.238 e. The number of benzene rings is 2. The number of ether oxygens (including phenoxy) is 1. The fourth-order valence-corrected chi connectivity index (χ4v) is 4.18. The zero-order valence-corrected chi connectivity index (χ0v) is 18.7. The van der Waals surface area contributed by atoms with Gasteiger partial charge in [0.15, 0.2) is 5.78 Å². The first-order chi connectivity index (χ1) is 15.5. The van der Waals surface area contributed by atoms with Crippen LogP contribution in [-0.2, 0) is 9.53 Å². The summed E-state index contributed by atoms with van der Waals surface area (Å²) in [5.74, 6) is -0.112. The predicted molar refractivity (Wildman–Crippen MR) is 128 cm³/mol. The molecule has 7 nitrogen and oxygen atoms in total. The third-order valence-electron chi connectivity index (χ3n) is 5.88. The van der Waals surface area contributed by atoms with Gasteiger partial charge in [0.05, 0.1) is 26.3 Å². The fourth-order valence-electron chi connectivity index (χ4n) is 4.18. The molecule has 2 aromatic carbocycles. The molecule has 7 heteroatoms. The van der Waals surface area contributed by atoms with Crippen molar-refractivity contribution >= 4 is 34.0 Å².